The third kappa shape index (κ3) is 3.70. The lowest BCUT2D eigenvalue weighted by atomic mass is 9.43. The molecule has 1 spiro atoms. The zero-order chi connectivity index (χ0) is 28.6. The zero-order valence-electron chi connectivity index (χ0n) is 23.3. The summed E-state index contributed by atoms with van der Waals surface area (Å²) in [5.41, 5.74) is -1.13. The van der Waals surface area contributed by atoms with Gasteiger partial charge in [0.25, 0.3) is 0 Å². The number of rotatable bonds is 9. The SMILES string of the molecule is C=C(C)[C@@H]1C[C@H]2O[C@@]23C(=CC(=O)[C@]2(C)[C@@H](/C(C)=C\C(O)CC(C)C(=O)O)C[C@@H](O)[C@]23C)[C@@]1(C)CCC(=O)O. The van der Waals surface area contributed by atoms with Crippen LogP contribution >= 0.6 is 0 Å². The predicted molar refractivity (Wildman–Crippen MR) is 140 cm³/mol. The third-order valence-electron chi connectivity index (χ3n) is 10.9. The highest BCUT2D eigenvalue weighted by Crippen LogP contribution is 2.78. The first-order valence-corrected chi connectivity index (χ1v) is 13.6. The van der Waals surface area contributed by atoms with Crippen molar-refractivity contribution < 1.29 is 39.5 Å². The van der Waals surface area contributed by atoms with Gasteiger partial charge in [0, 0.05) is 17.3 Å². The topological polar surface area (TPSA) is 145 Å². The second-order valence-corrected chi connectivity index (χ2v) is 12.9. The van der Waals surface area contributed by atoms with Gasteiger partial charge in [0.05, 0.1) is 24.2 Å². The molecule has 210 valence electrons. The quantitative estimate of drug-likeness (QED) is 0.259. The maximum absolute atomic E-state index is 14.2. The lowest BCUT2D eigenvalue weighted by Gasteiger charge is -2.57. The molecule has 10 atom stereocenters. The minimum Gasteiger partial charge on any atom is -0.481 e. The summed E-state index contributed by atoms with van der Waals surface area (Å²) in [5.74, 6) is -3.20. The van der Waals surface area contributed by atoms with Crippen LogP contribution in [-0.4, -0.2) is 62.1 Å². The molecule has 8 heteroatoms. The molecule has 0 aromatic carbocycles. The van der Waals surface area contributed by atoms with E-state index in [0.29, 0.717) is 19.3 Å². The molecular formula is C30H42O8. The number of carbonyl (C=O) groups is 3. The van der Waals surface area contributed by atoms with E-state index in [1.54, 1.807) is 12.2 Å². The van der Waals surface area contributed by atoms with E-state index in [0.717, 1.165) is 16.7 Å². The van der Waals surface area contributed by atoms with Crippen molar-refractivity contribution in [1.82, 2.24) is 0 Å². The minimum atomic E-state index is -1.03. The summed E-state index contributed by atoms with van der Waals surface area (Å²) in [4.78, 5) is 37.0. The Hall–Kier alpha value is -2.29. The number of carboxylic acids is 2. The van der Waals surface area contributed by atoms with Gasteiger partial charge < -0.3 is 25.2 Å². The number of fused-ring (bicyclic) bond motifs is 1. The van der Waals surface area contributed by atoms with Crippen molar-refractivity contribution in [2.75, 3.05) is 0 Å². The first-order chi connectivity index (χ1) is 17.5. The number of carbonyl (C=O) groups excluding carboxylic acids is 1. The van der Waals surface area contributed by atoms with E-state index >= 15 is 0 Å². The number of allylic oxidation sites excluding steroid dienone is 3. The van der Waals surface area contributed by atoms with E-state index in [9.17, 15) is 34.8 Å². The zero-order valence-corrected chi connectivity index (χ0v) is 23.3. The summed E-state index contributed by atoms with van der Waals surface area (Å²) >= 11 is 0. The maximum Gasteiger partial charge on any atom is 0.306 e. The Morgan fingerprint density at radius 2 is 1.82 bits per heavy atom. The molecule has 4 aliphatic rings. The molecule has 38 heavy (non-hydrogen) atoms. The molecule has 8 nitrogen and oxygen atoms in total. The molecule has 3 fully saturated rings. The number of aliphatic hydroxyl groups excluding tert-OH is 2. The van der Waals surface area contributed by atoms with Crippen LogP contribution in [0.1, 0.15) is 73.6 Å². The third-order valence-corrected chi connectivity index (χ3v) is 10.9. The number of carboxylic acid groups (broad SMARTS) is 2. The van der Waals surface area contributed by atoms with Crippen LogP contribution in [0.3, 0.4) is 0 Å². The summed E-state index contributed by atoms with van der Waals surface area (Å²) in [7, 11) is 0. The summed E-state index contributed by atoms with van der Waals surface area (Å²) in [5, 5.41) is 41.0. The Morgan fingerprint density at radius 1 is 1.18 bits per heavy atom. The van der Waals surface area contributed by atoms with Gasteiger partial charge in [0.1, 0.15) is 5.60 Å². The molecule has 1 aliphatic heterocycles. The monoisotopic (exact) mass is 530 g/mol. The largest absolute Gasteiger partial charge is 0.481 e. The lowest BCUT2D eigenvalue weighted by molar-refractivity contribution is -0.143. The van der Waals surface area contributed by atoms with E-state index in [-0.39, 0.29) is 36.6 Å². The van der Waals surface area contributed by atoms with Crippen LogP contribution in [0.4, 0.5) is 0 Å². The average Bonchev–Trinajstić information content (AvgIpc) is 3.50. The van der Waals surface area contributed by atoms with Crippen molar-refractivity contribution >= 4 is 17.7 Å². The van der Waals surface area contributed by atoms with Crippen LogP contribution < -0.4 is 0 Å². The fourth-order valence-electron chi connectivity index (χ4n) is 8.49. The van der Waals surface area contributed by atoms with E-state index < -0.39 is 51.9 Å². The first kappa shape index (κ1) is 28.7. The van der Waals surface area contributed by atoms with Gasteiger partial charge in [0.15, 0.2) is 5.78 Å². The van der Waals surface area contributed by atoms with Gasteiger partial charge in [-0.05, 0) is 68.4 Å². The summed E-state index contributed by atoms with van der Waals surface area (Å²) < 4.78 is 6.54. The van der Waals surface area contributed by atoms with Gasteiger partial charge in [-0.3, -0.25) is 14.4 Å². The van der Waals surface area contributed by atoms with Crippen LogP contribution in [0.15, 0.2) is 35.5 Å². The maximum atomic E-state index is 14.2. The molecule has 3 aliphatic carbocycles. The molecule has 4 rings (SSSR count). The van der Waals surface area contributed by atoms with Gasteiger partial charge in [-0.2, -0.15) is 0 Å². The van der Waals surface area contributed by atoms with E-state index in [1.807, 2.05) is 34.6 Å². The van der Waals surface area contributed by atoms with Gasteiger partial charge in [0.2, 0.25) is 0 Å². The first-order valence-electron chi connectivity index (χ1n) is 13.6. The van der Waals surface area contributed by atoms with Crippen molar-refractivity contribution in [3.63, 3.8) is 0 Å². The molecule has 4 N–H and O–H groups in total. The van der Waals surface area contributed by atoms with Crippen molar-refractivity contribution in [3.8, 4) is 0 Å². The number of hydrogen-bond acceptors (Lipinski definition) is 6. The molecule has 0 aromatic rings. The second-order valence-electron chi connectivity index (χ2n) is 12.9. The average molecular weight is 531 g/mol. The van der Waals surface area contributed by atoms with Crippen molar-refractivity contribution in [3.05, 3.63) is 35.5 Å². The Morgan fingerprint density at radius 3 is 2.37 bits per heavy atom. The number of ether oxygens (including phenoxy) is 1. The summed E-state index contributed by atoms with van der Waals surface area (Å²) in [6.07, 6.45) is 2.47. The normalized spacial score (nSPS) is 43.3. The molecule has 2 unspecified atom stereocenters. The van der Waals surface area contributed by atoms with E-state index in [2.05, 4.69) is 6.58 Å². The number of epoxide rings is 1. The van der Waals surface area contributed by atoms with Crippen molar-refractivity contribution in [1.29, 1.82) is 0 Å². The number of hydrogen-bond donors (Lipinski definition) is 4. The minimum absolute atomic E-state index is 0.0489. The highest BCUT2D eigenvalue weighted by molar-refractivity contribution is 5.99. The molecule has 0 bridgehead atoms. The number of aliphatic hydroxyl groups is 2. The highest BCUT2D eigenvalue weighted by atomic mass is 16.6. The number of aliphatic carboxylic acids is 2. The van der Waals surface area contributed by atoms with Gasteiger partial charge in [-0.25, -0.2) is 0 Å². The standard InChI is InChI=1S/C30H42O8/c1-15(2)19-13-24-30(38-24)21(27(19,5)9-8-25(34)35)14-22(32)28(6)20(12-23(33)29(28,30)7)16(3)10-18(31)11-17(4)26(36)37/h10,14,17-20,23-24,31,33H,1,8-9,11-13H2,2-7H3,(H,34,35)(H,36,37)/b16-10-/t17?,18?,19-,20+,23+,24+,27-,28-,29+,30-/m0/s1. The molecule has 1 saturated heterocycles. The van der Waals surface area contributed by atoms with Gasteiger partial charge >= 0.3 is 11.9 Å². The Kier molecular flexibility index (Phi) is 6.90. The molecule has 1 heterocycles. The van der Waals surface area contributed by atoms with Crippen molar-refractivity contribution in [2.24, 2.45) is 34.0 Å². The molecule has 0 aromatic heterocycles. The Bertz CT molecular complexity index is 1140. The summed E-state index contributed by atoms with van der Waals surface area (Å²) in [6, 6.07) is 0. The lowest BCUT2D eigenvalue weighted by Crippen LogP contribution is -2.63. The fraction of sp³-hybridized carbons (Fsp3) is 0.700. The second kappa shape index (κ2) is 9.14. The smallest absolute Gasteiger partial charge is 0.306 e. The molecule has 0 radical (unpaired) electrons. The number of ketones is 1. The van der Waals surface area contributed by atoms with Gasteiger partial charge in [-0.15, -0.1) is 0 Å². The van der Waals surface area contributed by atoms with Crippen LogP contribution in [0.2, 0.25) is 0 Å². The van der Waals surface area contributed by atoms with Gasteiger partial charge in [-0.1, -0.05) is 51.5 Å². The predicted octanol–water partition coefficient (Wildman–Crippen LogP) is 3.91. The van der Waals surface area contributed by atoms with Crippen LogP contribution in [0.25, 0.3) is 0 Å². The van der Waals surface area contributed by atoms with E-state index in [4.69, 9.17) is 4.74 Å². The highest BCUT2D eigenvalue weighted by Gasteiger charge is 2.84. The Labute approximate surface area is 224 Å². The van der Waals surface area contributed by atoms with Crippen molar-refractivity contribution in [2.45, 2.75) is 97.6 Å². The Balaban J connectivity index is 1.80. The van der Waals surface area contributed by atoms with Crippen LogP contribution in [-0.2, 0) is 19.1 Å². The molecule has 0 amide bonds. The summed E-state index contributed by atoms with van der Waals surface area (Å²) in [6.45, 7) is 15.3. The van der Waals surface area contributed by atoms with E-state index in [1.165, 1.54) is 6.92 Å². The van der Waals surface area contributed by atoms with Crippen LogP contribution in [0.5, 0.6) is 0 Å². The fourth-order valence-corrected chi connectivity index (χ4v) is 8.49. The van der Waals surface area contributed by atoms with Crippen LogP contribution in [0, 0.1) is 34.0 Å². The molecular weight excluding hydrogens is 488 g/mol. The molecule has 2 saturated carbocycles.